The first-order chi connectivity index (χ1) is 17.3. The zero-order valence-electron chi connectivity index (χ0n) is 19.8. The third-order valence-corrected chi connectivity index (χ3v) is 8.61. The maximum Gasteiger partial charge on any atom is 0.264 e. The highest BCUT2D eigenvalue weighted by Gasteiger charge is 2.29. The Kier molecular flexibility index (Phi) is 10.8. The Labute approximate surface area is 227 Å². The highest BCUT2D eigenvalue weighted by atomic mass is 35.5. The lowest BCUT2D eigenvalue weighted by atomic mass is 10.2. The molecule has 10 heteroatoms. The molecule has 6 nitrogen and oxygen atoms in total. The predicted octanol–water partition coefficient (Wildman–Crippen LogP) is 6.03. The number of nitrogens with zero attached hydrogens (tertiary/aromatic N) is 1. The van der Waals surface area contributed by atoms with Gasteiger partial charge in [0.05, 0.1) is 17.2 Å². The number of thioether (sulfide) groups is 1. The first kappa shape index (κ1) is 28.2. The van der Waals surface area contributed by atoms with E-state index in [1.54, 1.807) is 36.0 Å². The summed E-state index contributed by atoms with van der Waals surface area (Å²) in [5, 5.41) is 3.99. The van der Waals surface area contributed by atoms with E-state index in [4.69, 9.17) is 27.9 Å². The third-order valence-electron chi connectivity index (χ3n) is 5.13. The van der Waals surface area contributed by atoms with Gasteiger partial charge in [0.15, 0.2) is 0 Å². The standard InChI is InChI=1S/C26H28Cl2N2O4S2/c1-2-34-25-11-6-5-10-24(25)30(36(32,33)22-14-12-21(27)13-15-22)18-26(31)29-16-7-17-35-19-20-8-3-4-9-23(20)28/h3-6,8-15H,2,7,16-19H2,1H3,(H,29,31). The van der Waals surface area contributed by atoms with E-state index in [9.17, 15) is 13.2 Å². The largest absolute Gasteiger partial charge is 0.492 e. The van der Waals surface area contributed by atoms with Gasteiger partial charge >= 0.3 is 0 Å². The maximum absolute atomic E-state index is 13.5. The summed E-state index contributed by atoms with van der Waals surface area (Å²) in [5.41, 5.74) is 1.36. The van der Waals surface area contributed by atoms with Crippen molar-refractivity contribution in [3.05, 3.63) is 88.4 Å². The number of para-hydroxylation sites is 2. The fraction of sp³-hybridized carbons (Fsp3) is 0.269. The molecule has 0 heterocycles. The Morgan fingerprint density at radius 3 is 2.42 bits per heavy atom. The average Bonchev–Trinajstić information content (AvgIpc) is 2.86. The number of anilines is 1. The summed E-state index contributed by atoms with van der Waals surface area (Å²) in [7, 11) is -4.06. The first-order valence-electron chi connectivity index (χ1n) is 11.4. The second-order valence-electron chi connectivity index (χ2n) is 7.71. The number of amides is 1. The predicted molar refractivity (Wildman–Crippen MR) is 149 cm³/mol. The minimum Gasteiger partial charge on any atom is -0.492 e. The van der Waals surface area contributed by atoms with E-state index in [0.29, 0.717) is 29.6 Å². The van der Waals surface area contributed by atoms with E-state index in [-0.39, 0.29) is 11.4 Å². The number of nitrogens with one attached hydrogen (secondary N) is 1. The summed E-state index contributed by atoms with van der Waals surface area (Å²) in [4.78, 5) is 12.9. The molecule has 0 aliphatic carbocycles. The van der Waals surface area contributed by atoms with Gasteiger partial charge in [0.2, 0.25) is 5.91 Å². The van der Waals surface area contributed by atoms with Crippen molar-refractivity contribution < 1.29 is 17.9 Å². The highest BCUT2D eigenvalue weighted by Crippen LogP contribution is 2.32. The molecule has 0 spiro atoms. The van der Waals surface area contributed by atoms with E-state index < -0.39 is 15.9 Å². The lowest BCUT2D eigenvalue weighted by Crippen LogP contribution is -2.41. The van der Waals surface area contributed by atoms with Crippen LogP contribution in [0.15, 0.2) is 77.7 Å². The van der Waals surface area contributed by atoms with Gasteiger partial charge in [-0.1, -0.05) is 53.5 Å². The monoisotopic (exact) mass is 566 g/mol. The van der Waals surface area contributed by atoms with Gasteiger partial charge in [-0.05, 0) is 67.1 Å². The molecule has 1 amide bonds. The summed E-state index contributed by atoms with van der Waals surface area (Å²) >= 11 is 13.9. The number of carbonyl (C=O) groups excluding carboxylic acids is 1. The van der Waals surface area contributed by atoms with E-state index in [0.717, 1.165) is 32.8 Å². The number of halogens is 2. The molecule has 0 fully saturated rings. The van der Waals surface area contributed by atoms with Gasteiger partial charge in [0.25, 0.3) is 10.0 Å². The second-order valence-corrected chi connectivity index (χ2v) is 11.5. The van der Waals surface area contributed by atoms with Crippen LogP contribution in [-0.4, -0.2) is 39.8 Å². The highest BCUT2D eigenvalue weighted by molar-refractivity contribution is 7.98. The van der Waals surface area contributed by atoms with E-state index >= 15 is 0 Å². The zero-order chi connectivity index (χ0) is 26.0. The molecule has 0 aliphatic rings. The third kappa shape index (κ3) is 7.80. The molecule has 0 saturated carbocycles. The minimum atomic E-state index is -4.06. The Morgan fingerprint density at radius 1 is 1.00 bits per heavy atom. The molecule has 36 heavy (non-hydrogen) atoms. The summed E-state index contributed by atoms with van der Waals surface area (Å²) in [6, 6.07) is 20.3. The molecular weight excluding hydrogens is 539 g/mol. The molecule has 0 aliphatic heterocycles. The molecule has 0 aromatic heterocycles. The van der Waals surface area contributed by atoms with Crippen molar-refractivity contribution in [1.82, 2.24) is 5.32 Å². The fourth-order valence-corrected chi connectivity index (χ4v) is 6.16. The van der Waals surface area contributed by atoms with Crippen LogP contribution in [-0.2, 0) is 20.6 Å². The van der Waals surface area contributed by atoms with E-state index in [1.807, 2.05) is 31.2 Å². The average molecular weight is 568 g/mol. The van der Waals surface area contributed by atoms with Crippen LogP contribution in [0.4, 0.5) is 5.69 Å². The van der Waals surface area contributed by atoms with Crippen LogP contribution in [0.25, 0.3) is 0 Å². The van der Waals surface area contributed by atoms with Crippen molar-refractivity contribution >= 4 is 56.6 Å². The summed E-state index contributed by atoms with van der Waals surface area (Å²) in [5.74, 6) is 1.58. The van der Waals surface area contributed by atoms with Crippen molar-refractivity contribution in [3.8, 4) is 5.75 Å². The SMILES string of the molecule is CCOc1ccccc1N(CC(=O)NCCCSCc1ccccc1Cl)S(=O)(=O)c1ccc(Cl)cc1. The van der Waals surface area contributed by atoms with Crippen molar-refractivity contribution in [2.24, 2.45) is 0 Å². The minimum absolute atomic E-state index is 0.0296. The molecule has 0 atom stereocenters. The molecule has 0 bridgehead atoms. The fourth-order valence-electron chi connectivity index (χ4n) is 3.36. The molecule has 3 aromatic rings. The topological polar surface area (TPSA) is 75.7 Å². The summed E-state index contributed by atoms with van der Waals surface area (Å²) < 4.78 is 33.8. The first-order valence-corrected chi connectivity index (χ1v) is 14.8. The lowest BCUT2D eigenvalue weighted by Gasteiger charge is -2.26. The Bertz CT molecular complexity index is 1250. The molecule has 0 saturated heterocycles. The number of ether oxygens (including phenoxy) is 1. The quantitative estimate of drug-likeness (QED) is 0.256. The number of carbonyl (C=O) groups is 1. The van der Waals surface area contributed by atoms with Crippen LogP contribution in [0.3, 0.4) is 0 Å². The summed E-state index contributed by atoms with van der Waals surface area (Å²) in [6.07, 6.45) is 0.736. The number of hydrogen-bond acceptors (Lipinski definition) is 5. The number of sulfonamides is 1. The molecule has 1 N–H and O–H groups in total. The van der Waals surface area contributed by atoms with Crippen LogP contribution in [0.5, 0.6) is 5.75 Å². The molecule has 192 valence electrons. The van der Waals surface area contributed by atoms with Crippen LogP contribution in [0, 0.1) is 0 Å². The van der Waals surface area contributed by atoms with Crippen LogP contribution < -0.4 is 14.4 Å². The number of benzene rings is 3. The molecule has 3 rings (SSSR count). The van der Waals surface area contributed by atoms with Crippen molar-refractivity contribution in [2.45, 2.75) is 24.0 Å². The Hall–Kier alpha value is -2.39. The molecular formula is C26H28Cl2N2O4S2. The second kappa shape index (κ2) is 13.8. The van der Waals surface area contributed by atoms with Crippen molar-refractivity contribution in [2.75, 3.05) is 29.8 Å². The Morgan fingerprint density at radius 2 is 1.69 bits per heavy atom. The van der Waals surface area contributed by atoms with Gasteiger partial charge in [0, 0.05) is 22.3 Å². The van der Waals surface area contributed by atoms with Gasteiger partial charge in [-0.25, -0.2) is 8.42 Å². The van der Waals surface area contributed by atoms with Gasteiger partial charge < -0.3 is 10.1 Å². The van der Waals surface area contributed by atoms with Gasteiger partial charge in [-0.15, -0.1) is 0 Å². The molecule has 0 unspecified atom stereocenters. The van der Waals surface area contributed by atoms with Crippen LogP contribution in [0.1, 0.15) is 18.9 Å². The Balaban J connectivity index is 1.66. The smallest absolute Gasteiger partial charge is 0.264 e. The molecule has 0 radical (unpaired) electrons. The number of hydrogen-bond donors (Lipinski definition) is 1. The van der Waals surface area contributed by atoms with Gasteiger partial charge in [0.1, 0.15) is 12.3 Å². The van der Waals surface area contributed by atoms with Crippen LogP contribution >= 0.6 is 35.0 Å². The van der Waals surface area contributed by atoms with Crippen molar-refractivity contribution in [1.29, 1.82) is 0 Å². The van der Waals surface area contributed by atoms with E-state index in [2.05, 4.69) is 5.32 Å². The van der Waals surface area contributed by atoms with E-state index in [1.165, 1.54) is 24.3 Å². The number of rotatable bonds is 13. The maximum atomic E-state index is 13.5. The zero-order valence-corrected chi connectivity index (χ0v) is 23.0. The normalized spacial score (nSPS) is 11.2. The van der Waals surface area contributed by atoms with Crippen molar-refractivity contribution in [3.63, 3.8) is 0 Å². The van der Waals surface area contributed by atoms with Crippen LogP contribution in [0.2, 0.25) is 10.0 Å². The van der Waals surface area contributed by atoms with Gasteiger partial charge in [-0.3, -0.25) is 9.10 Å². The summed E-state index contributed by atoms with van der Waals surface area (Å²) in [6.45, 7) is 2.20. The molecule has 3 aromatic carbocycles. The van der Waals surface area contributed by atoms with Gasteiger partial charge in [-0.2, -0.15) is 11.8 Å². The lowest BCUT2D eigenvalue weighted by molar-refractivity contribution is -0.119.